The molecule has 0 aliphatic carbocycles. The third-order valence-electron chi connectivity index (χ3n) is 1.15. The highest BCUT2D eigenvalue weighted by atomic mass is 32.2. The lowest BCUT2D eigenvalue weighted by atomic mass is 10.8. The van der Waals surface area contributed by atoms with Crippen LogP contribution in [0.2, 0.25) is 0 Å². The van der Waals surface area contributed by atoms with Gasteiger partial charge in [-0.05, 0) is 6.26 Å². The molecule has 0 unspecified atom stereocenters. The second-order valence-electron chi connectivity index (χ2n) is 1.98. The molecule has 0 radical (unpaired) electrons. The van der Waals surface area contributed by atoms with E-state index in [0.29, 0.717) is 0 Å². The lowest BCUT2D eigenvalue weighted by Crippen LogP contribution is -2.01. The van der Waals surface area contributed by atoms with Crippen LogP contribution in [-0.4, -0.2) is 31.2 Å². The van der Waals surface area contributed by atoms with Gasteiger partial charge in [0.05, 0.1) is 0 Å². The summed E-state index contributed by atoms with van der Waals surface area (Å²) in [6, 6.07) is 0. The number of nitrogens with zero attached hydrogens (tertiary/aromatic N) is 1. The molecule has 0 aromatic rings. The Kier molecular flexibility index (Phi) is 5.48. The number of rotatable bonds is 3. The third-order valence-corrected chi connectivity index (χ3v) is 4.36. The molecule has 0 rings (SSSR count). The van der Waals surface area contributed by atoms with Crippen molar-refractivity contribution in [1.82, 2.24) is 0 Å². The molecule has 7 heteroatoms. The quantitative estimate of drug-likeness (QED) is 0.416. The number of carbonyl (C=O) groups is 1. The Labute approximate surface area is 81.4 Å². The SMILES string of the molecule is COP(=O)(OC)C(=NC(C)=O)SC. The maximum Gasteiger partial charge on any atom is 0.385 e. The first-order chi connectivity index (χ1) is 6.00. The van der Waals surface area contributed by atoms with Gasteiger partial charge in [0.25, 0.3) is 0 Å². The van der Waals surface area contributed by atoms with Crippen LogP contribution < -0.4 is 0 Å². The van der Waals surface area contributed by atoms with E-state index in [0.717, 1.165) is 11.8 Å². The van der Waals surface area contributed by atoms with Crippen molar-refractivity contribution in [3.63, 3.8) is 0 Å². The van der Waals surface area contributed by atoms with Gasteiger partial charge in [0.15, 0.2) is 4.78 Å². The second-order valence-corrected chi connectivity index (χ2v) is 5.23. The number of hydrogen-bond acceptors (Lipinski definition) is 5. The molecular weight excluding hydrogens is 213 g/mol. The summed E-state index contributed by atoms with van der Waals surface area (Å²) in [5.74, 6) is -0.432. The number of amides is 1. The molecule has 0 saturated carbocycles. The smallest absolute Gasteiger partial charge is 0.307 e. The monoisotopic (exact) mass is 225 g/mol. The van der Waals surface area contributed by atoms with Crippen molar-refractivity contribution in [2.45, 2.75) is 6.92 Å². The molecule has 76 valence electrons. The van der Waals surface area contributed by atoms with Crippen molar-refractivity contribution in [3.05, 3.63) is 0 Å². The molecular formula is C6H12NO4PS. The van der Waals surface area contributed by atoms with Gasteiger partial charge in [0, 0.05) is 21.1 Å². The zero-order valence-corrected chi connectivity index (χ0v) is 9.65. The van der Waals surface area contributed by atoms with E-state index in [1.807, 2.05) is 0 Å². The molecule has 0 heterocycles. The fraction of sp³-hybridized carbons (Fsp3) is 0.667. The van der Waals surface area contributed by atoms with Gasteiger partial charge in [-0.3, -0.25) is 9.36 Å². The van der Waals surface area contributed by atoms with Crippen molar-refractivity contribution in [1.29, 1.82) is 0 Å². The fourth-order valence-corrected chi connectivity index (χ4v) is 2.87. The van der Waals surface area contributed by atoms with Crippen LogP contribution in [0.15, 0.2) is 4.99 Å². The zero-order chi connectivity index (χ0) is 10.5. The minimum Gasteiger partial charge on any atom is -0.307 e. The molecule has 0 saturated heterocycles. The highest BCUT2D eigenvalue weighted by Gasteiger charge is 2.29. The van der Waals surface area contributed by atoms with Gasteiger partial charge in [0.2, 0.25) is 5.91 Å². The maximum atomic E-state index is 11.7. The Bertz CT molecular complexity index is 257. The van der Waals surface area contributed by atoms with Crippen molar-refractivity contribution < 1.29 is 18.4 Å². The van der Waals surface area contributed by atoms with E-state index in [1.165, 1.54) is 21.1 Å². The number of thioether (sulfide) groups is 1. The lowest BCUT2D eigenvalue weighted by molar-refractivity contribution is -0.115. The molecule has 0 atom stereocenters. The summed E-state index contributed by atoms with van der Waals surface area (Å²) in [7, 11) is -0.861. The van der Waals surface area contributed by atoms with E-state index < -0.39 is 13.5 Å². The Balaban J connectivity index is 4.95. The fourth-order valence-electron chi connectivity index (χ4n) is 0.584. The molecule has 0 aliphatic rings. The summed E-state index contributed by atoms with van der Waals surface area (Å²) < 4.78 is 21.0. The van der Waals surface area contributed by atoms with Gasteiger partial charge in [-0.2, -0.15) is 4.99 Å². The molecule has 0 N–H and O–H groups in total. The summed E-state index contributed by atoms with van der Waals surface area (Å²) in [4.78, 5) is 14.3. The van der Waals surface area contributed by atoms with Gasteiger partial charge < -0.3 is 9.05 Å². The second kappa shape index (κ2) is 5.54. The van der Waals surface area contributed by atoms with Crippen LogP contribution in [-0.2, 0) is 18.4 Å². The van der Waals surface area contributed by atoms with Crippen molar-refractivity contribution in [2.75, 3.05) is 20.5 Å². The van der Waals surface area contributed by atoms with Gasteiger partial charge in [0.1, 0.15) is 0 Å². The van der Waals surface area contributed by atoms with Crippen LogP contribution in [0, 0.1) is 0 Å². The number of aliphatic imine (C=N–C) groups is 1. The normalized spacial score (nSPS) is 13.1. The van der Waals surface area contributed by atoms with Crippen molar-refractivity contribution >= 4 is 30.0 Å². The predicted octanol–water partition coefficient (Wildman–Crippen LogP) is 1.74. The molecule has 0 aliphatic heterocycles. The first-order valence-corrected chi connectivity index (χ1v) is 6.12. The van der Waals surface area contributed by atoms with Crippen molar-refractivity contribution in [3.8, 4) is 0 Å². The van der Waals surface area contributed by atoms with Gasteiger partial charge >= 0.3 is 7.60 Å². The van der Waals surface area contributed by atoms with E-state index in [9.17, 15) is 9.36 Å². The van der Waals surface area contributed by atoms with Crippen LogP contribution in [0.4, 0.5) is 0 Å². The molecule has 0 aromatic heterocycles. The number of hydrogen-bond donors (Lipinski definition) is 0. The molecule has 0 spiro atoms. The molecule has 5 nitrogen and oxygen atoms in total. The lowest BCUT2D eigenvalue weighted by Gasteiger charge is -2.13. The van der Waals surface area contributed by atoms with E-state index in [-0.39, 0.29) is 4.78 Å². The minimum absolute atomic E-state index is 0.0741. The van der Waals surface area contributed by atoms with Gasteiger partial charge in [-0.1, -0.05) is 0 Å². The molecule has 0 fully saturated rings. The Morgan fingerprint density at radius 3 is 2.08 bits per heavy atom. The first kappa shape index (κ1) is 12.8. The first-order valence-electron chi connectivity index (χ1n) is 3.35. The van der Waals surface area contributed by atoms with Gasteiger partial charge in [-0.25, -0.2) is 0 Å². The highest BCUT2D eigenvalue weighted by Crippen LogP contribution is 2.51. The summed E-state index contributed by atoms with van der Waals surface area (Å²) in [5.41, 5.74) is 0. The van der Waals surface area contributed by atoms with E-state index in [4.69, 9.17) is 0 Å². The van der Waals surface area contributed by atoms with Crippen LogP contribution in [0.1, 0.15) is 6.92 Å². The van der Waals surface area contributed by atoms with Crippen LogP contribution in [0.5, 0.6) is 0 Å². The van der Waals surface area contributed by atoms with Crippen molar-refractivity contribution in [2.24, 2.45) is 4.99 Å². The van der Waals surface area contributed by atoms with Crippen LogP contribution in [0.25, 0.3) is 0 Å². The third kappa shape index (κ3) is 3.60. The van der Waals surface area contributed by atoms with E-state index in [1.54, 1.807) is 6.26 Å². The molecule has 1 amide bonds. The predicted molar refractivity (Wildman–Crippen MR) is 53.3 cm³/mol. The molecule has 13 heavy (non-hydrogen) atoms. The van der Waals surface area contributed by atoms with Gasteiger partial charge in [-0.15, -0.1) is 11.8 Å². The van der Waals surface area contributed by atoms with E-state index in [2.05, 4.69) is 14.0 Å². The number of carbonyl (C=O) groups excluding carboxylic acids is 1. The Morgan fingerprint density at radius 2 is 1.85 bits per heavy atom. The summed E-state index contributed by atoms with van der Waals surface area (Å²) in [5, 5.41) is 0. The summed E-state index contributed by atoms with van der Waals surface area (Å²) >= 11 is 1.07. The zero-order valence-electron chi connectivity index (χ0n) is 7.94. The molecule has 0 bridgehead atoms. The largest absolute Gasteiger partial charge is 0.385 e. The maximum absolute atomic E-state index is 11.7. The summed E-state index contributed by atoms with van der Waals surface area (Å²) in [6.07, 6.45) is 1.65. The minimum atomic E-state index is -3.35. The van der Waals surface area contributed by atoms with Crippen LogP contribution >= 0.6 is 19.4 Å². The highest BCUT2D eigenvalue weighted by molar-refractivity contribution is 8.25. The summed E-state index contributed by atoms with van der Waals surface area (Å²) in [6.45, 7) is 1.27. The standard InChI is InChI=1S/C6H12NO4PS/c1-5(8)7-6(13-4)12(9,10-2)11-3/h1-4H3. The Hall–Kier alpha value is -0.160. The topological polar surface area (TPSA) is 65.0 Å². The average Bonchev–Trinajstić information content (AvgIpc) is 2.12. The average molecular weight is 225 g/mol. The molecule has 0 aromatic carbocycles. The van der Waals surface area contributed by atoms with E-state index >= 15 is 0 Å². The Morgan fingerprint density at radius 1 is 1.38 bits per heavy atom. The van der Waals surface area contributed by atoms with Crippen LogP contribution in [0.3, 0.4) is 0 Å².